The molecular formula is C30H33FN2O2. The van der Waals surface area contributed by atoms with Gasteiger partial charge in [0.2, 0.25) is 0 Å². The van der Waals surface area contributed by atoms with Gasteiger partial charge in [0.25, 0.3) is 0 Å². The van der Waals surface area contributed by atoms with Crippen LogP contribution < -0.4 is 5.32 Å². The molecule has 35 heavy (non-hydrogen) atoms. The molecule has 2 heterocycles. The smallest absolute Gasteiger partial charge is 0.151 e. The number of ether oxygens (including phenoxy) is 1. The Morgan fingerprint density at radius 3 is 2.66 bits per heavy atom. The van der Waals surface area contributed by atoms with E-state index >= 15 is 4.39 Å². The SMILES string of the molecule is N#C[C@@H](CC(=O)[C@H]1N[C@@H]2CC[C@H]1C2)Cc1ccc(-c2ccc3c(c2)C2(CCCCC2)OC3)cc1F. The van der Waals surface area contributed by atoms with Crippen LogP contribution in [0.2, 0.25) is 0 Å². The number of nitrogens with zero attached hydrogens (tertiary/aromatic N) is 1. The number of halogens is 1. The summed E-state index contributed by atoms with van der Waals surface area (Å²) in [6.45, 7) is 0.662. The summed E-state index contributed by atoms with van der Waals surface area (Å²) in [5, 5.41) is 13.1. The van der Waals surface area contributed by atoms with Crippen molar-refractivity contribution in [3.8, 4) is 17.2 Å². The number of carbonyl (C=O) groups excluding carboxylic acids is 1. The van der Waals surface area contributed by atoms with Gasteiger partial charge in [0.05, 0.1) is 30.2 Å². The minimum Gasteiger partial charge on any atom is -0.366 e. The number of Topliss-reactive ketones (excluding diaryl/α,β-unsaturated/α-hetero) is 1. The number of rotatable bonds is 6. The number of carbonyl (C=O) groups is 1. The minimum absolute atomic E-state index is 0.109. The lowest BCUT2D eigenvalue weighted by atomic mass is 9.78. The van der Waals surface area contributed by atoms with Crippen LogP contribution in [0.5, 0.6) is 0 Å². The molecule has 2 aliphatic heterocycles. The Hall–Kier alpha value is -2.55. The molecule has 4 nitrogen and oxygen atoms in total. The van der Waals surface area contributed by atoms with Crippen LogP contribution in [0.25, 0.3) is 11.1 Å². The molecule has 0 aromatic heterocycles. The Morgan fingerprint density at radius 2 is 1.94 bits per heavy atom. The molecule has 0 amide bonds. The molecule has 0 unspecified atom stereocenters. The van der Waals surface area contributed by atoms with Crippen LogP contribution in [-0.4, -0.2) is 17.9 Å². The van der Waals surface area contributed by atoms with Gasteiger partial charge in [-0.2, -0.15) is 5.26 Å². The molecule has 182 valence electrons. The van der Waals surface area contributed by atoms with E-state index in [1.807, 2.05) is 6.07 Å². The molecule has 4 aliphatic rings. The quantitative estimate of drug-likeness (QED) is 0.563. The van der Waals surface area contributed by atoms with Crippen LogP contribution in [0.3, 0.4) is 0 Å². The third-order valence-electron chi connectivity index (χ3n) is 8.96. The second kappa shape index (κ2) is 9.15. The van der Waals surface area contributed by atoms with E-state index in [-0.39, 0.29) is 36.1 Å². The first kappa shape index (κ1) is 22.9. The lowest BCUT2D eigenvalue weighted by Crippen LogP contribution is -2.42. The maximum Gasteiger partial charge on any atom is 0.151 e. The third kappa shape index (κ3) is 4.21. The van der Waals surface area contributed by atoms with Gasteiger partial charge in [-0.05, 0) is 84.4 Å². The van der Waals surface area contributed by atoms with Crippen molar-refractivity contribution >= 4 is 5.78 Å². The standard InChI is InChI=1S/C30H33FN2O2/c31-27-16-21(20-5-7-24-18-35-30(26(24)15-20)10-2-1-3-11-30)4-6-22(27)12-19(17-32)13-28(34)29-23-8-9-25(14-23)33-29/h4-7,15-16,19,23,25,29,33H,1-3,8-14,18H2/t19-,23+,25-,29+/m1/s1. The van der Waals surface area contributed by atoms with Crippen molar-refractivity contribution in [3.63, 3.8) is 0 Å². The number of fused-ring (bicyclic) bond motifs is 4. The number of nitriles is 1. The van der Waals surface area contributed by atoms with Crippen molar-refractivity contribution in [2.75, 3.05) is 0 Å². The van der Waals surface area contributed by atoms with E-state index in [4.69, 9.17) is 4.74 Å². The zero-order chi connectivity index (χ0) is 24.0. The molecule has 6 rings (SSSR count). The summed E-state index contributed by atoms with van der Waals surface area (Å²) in [6, 6.07) is 14.3. The Kier molecular flexibility index (Phi) is 5.98. The van der Waals surface area contributed by atoms with Gasteiger partial charge in [0.15, 0.2) is 5.78 Å². The van der Waals surface area contributed by atoms with Crippen LogP contribution in [0.15, 0.2) is 36.4 Å². The van der Waals surface area contributed by atoms with Crippen molar-refractivity contribution in [2.45, 2.75) is 88.5 Å². The maximum absolute atomic E-state index is 15.2. The van der Waals surface area contributed by atoms with Crippen LogP contribution in [0.1, 0.15) is 74.5 Å². The first-order chi connectivity index (χ1) is 17.0. The molecule has 2 aliphatic carbocycles. The molecule has 5 heteroatoms. The zero-order valence-electron chi connectivity index (χ0n) is 20.2. The molecular weight excluding hydrogens is 439 g/mol. The first-order valence-electron chi connectivity index (χ1n) is 13.3. The van der Waals surface area contributed by atoms with Crippen molar-refractivity contribution < 1.29 is 13.9 Å². The molecule has 1 N–H and O–H groups in total. The average molecular weight is 473 g/mol. The normalized spacial score (nSPS) is 27.0. The second-order valence-electron chi connectivity index (χ2n) is 11.1. The van der Waals surface area contributed by atoms with E-state index in [0.29, 0.717) is 24.1 Å². The fourth-order valence-electron chi connectivity index (χ4n) is 7.04. The Balaban J connectivity index is 1.17. The molecule has 1 spiro atoms. The van der Waals surface area contributed by atoms with Gasteiger partial charge in [-0.1, -0.05) is 43.5 Å². The van der Waals surface area contributed by atoms with E-state index < -0.39 is 5.92 Å². The van der Waals surface area contributed by atoms with Gasteiger partial charge in [0, 0.05) is 12.5 Å². The van der Waals surface area contributed by atoms with Crippen LogP contribution >= 0.6 is 0 Å². The van der Waals surface area contributed by atoms with Gasteiger partial charge < -0.3 is 10.1 Å². The summed E-state index contributed by atoms with van der Waals surface area (Å²) >= 11 is 0. The van der Waals surface area contributed by atoms with Crippen LogP contribution in [0, 0.1) is 29.0 Å². The molecule has 0 radical (unpaired) electrons. The van der Waals surface area contributed by atoms with E-state index in [1.165, 1.54) is 30.4 Å². The minimum atomic E-state index is -0.507. The molecule has 2 aromatic rings. The van der Waals surface area contributed by atoms with Gasteiger partial charge in [0.1, 0.15) is 5.82 Å². The summed E-state index contributed by atoms with van der Waals surface area (Å²) < 4.78 is 21.5. The number of nitrogens with one attached hydrogen (secondary N) is 1. The van der Waals surface area contributed by atoms with Crippen molar-refractivity contribution in [1.82, 2.24) is 5.32 Å². The van der Waals surface area contributed by atoms with E-state index in [0.717, 1.165) is 43.2 Å². The summed E-state index contributed by atoms with van der Waals surface area (Å²) in [5.74, 6) is -0.296. The van der Waals surface area contributed by atoms with Gasteiger partial charge >= 0.3 is 0 Å². The molecule has 2 bridgehead atoms. The Labute approximate surface area is 206 Å². The molecule has 2 aromatic carbocycles. The third-order valence-corrected chi connectivity index (χ3v) is 8.96. The first-order valence-corrected chi connectivity index (χ1v) is 13.3. The average Bonchev–Trinajstić information content (AvgIpc) is 3.61. The highest BCUT2D eigenvalue weighted by atomic mass is 19.1. The number of ketones is 1. The summed E-state index contributed by atoms with van der Waals surface area (Å²) in [5.41, 5.74) is 4.70. The van der Waals surface area contributed by atoms with E-state index in [1.54, 1.807) is 12.1 Å². The summed E-state index contributed by atoms with van der Waals surface area (Å²) in [4.78, 5) is 12.8. The fourth-order valence-corrected chi connectivity index (χ4v) is 7.04. The second-order valence-corrected chi connectivity index (χ2v) is 11.1. The maximum atomic E-state index is 15.2. The zero-order valence-corrected chi connectivity index (χ0v) is 20.2. The largest absolute Gasteiger partial charge is 0.366 e. The van der Waals surface area contributed by atoms with E-state index in [9.17, 15) is 10.1 Å². The highest BCUT2D eigenvalue weighted by Crippen LogP contribution is 2.47. The predicted molar refractivity (Wildman–Crippen MR) is 132 cm³/mol. The van der Waals surface area contributed by atoms with Crippen LogP contribution in [-0.2, 0) is 28.2 Å². The predicted octanol–water partition coefficient (Wildman–Crippen LogP) is 5.96. The Morgan fingerprint density at radius 1 is 1.14 bits per heavy atom. The number of benzene rings is 2. The summed E-state index contributed by atoms with van der Waals surface area (Å²) in [7, 11) is 0. The number of piperidine rings is 1. The van der Waals surface area contributed by atoms with Gasteiger partial charge in [-0.3, -0.25) is 4.79 Å². The van der Waals surface area contributed by atoms with Crippen molar-refractivity contribution in [3.05, 3.63) is 58.9 Å². The highest BCUT2D eigenvalue weighted by molar-refractivity contribution is 5.85. The lowest BCUT2D eigenvalue weighted by molar-refractivity contribution is -0.122. The Bertz CT molecular complexity index is 1170. The van der Waals surface area contributed by atoms with Crippen molar-refractivity contribution in [1.29, 1.82) is 5.26 Å². The number of hydrogen-bond acceptors (Lipinski definition) is 4. The topological polar surface area (TPSA) is 62.1 Å². The molecule has 4 atom stereocenters. The molecule has 1 saturated heterocycles. The summed E-state index contributed by atoms with van der Waals surface area (Å²) in [6.07, 6.45) is 9.51. The molecule has 2 saturated carbocycles. The van der Waals surface area contributed by atoms with Crippen LogP contribution in [0.4, 0.5) is 4.39 Å². The van der Waals surface area contributed by atoms with E-state index in [2.05, 4.69) is 29.6 Å². The van der Waals surface area contributed by atoms with Gasteiger partial charge in [-0.25, -0.2) is 4.39 Å². The number of hydrogen-bond donors (Lipinski definition) is 1. The van der Waals surface area contributed by atoms with Gasteiger partial charge in [-0.15, -0.1) is 0 Å². The molecule has 3 fully saturated rings. The fraction of sp³-hybridized carbons (Fsp3) is 0.533. The monoisotopic (exact) mass is 472 g/mol. The van der Waals surface area contributed by atoms with Crippen molar-refractivity contribution in [2.24, 2.45) is 11.8 Å². The highest BCUT2D eigenvalue weighted by Gasteiger charge is 2.43. The lowest BCUT2D eigenvalue weighted by Gasteiger charge is -2.33.